The monoisotopic (exact) mass is 447 g/mol. The van der Waals surface area contributed by atoms with E-state index in [1.165, 1.54) is 16.7 Å². The summed E-state index contributed by atoms with van der Waals surface area (Å²) in [7, 11) is 1.97. The molecule has 1 atom stereocenters. The number of hydrogen-bond donors (Lipinski definition) is 2. The van der Waals surface area contributed by atoms with Crippen molar-refractivity contribution in [1.82, 2.24) is 19.9 Å². The van der Waals surface area contributed by atoms with Gasteiger partial charge in [0, 0.05) is 31.9 Å². The molecule has 33 heavy (non-hydrogen) atoms. The highest BCUT2D eigenvalue weighted by Crippen LogP contribution is 2.29. The van der Waals surface area contributed by atoms with Crippen molar-refractivity contribution in [2.75, 3.05) is 18.9 Å². The van der Waals surface area contributed by atoms with Crippen molar-refractivity contribution in [1.29, 1.82) is 0 Å². The summed E-state index contributed by atoms with van der Waals surface area (Å²) in [6.07, 6.45) is 12.5. The van der Waals surface area contributed by atoms with E-state index in [0.717, 1.165) is 80.4 Å². The highest BCUT2D eigenvalue weighted by atomic mass is 16.2. The van der Waals surface area contributed by atoms with Crippen LogP contribution in [0.25, 0.3) is 11.0 Å². The summed E-state index contributed by atoms with van der Waals surface area (Å²) in [4.78, 5) is 27.0. The molecule has 3 heterocycles. The molecule has 176 valence electrons. The van der Waals surface area contributed by atoms with E-state index in [9.17, 15) is 4.79 Å². The van der Waals surface area contributed by atoms with Crippen LogP contribution in [-0.2, 0) is 24.1 Å². The first kappa shape index (κ1) is 23.3. The van der Waals surface area contributed by atoms with E-state index in [-0.39, 0.29) is 5.91 Å². The zero-order valence-electron chi connectivity index (χ0n) is 20.3. The number of anilines is 2. The molecule has 1 aromatic carbocycles. The van der Waals surface area contributed by atoms with Gasteiger partial charge in [-0.15, -0.1) is 0 Å². The number of amides is 1. The van der Waals surface area contributed by atoms with Crippen LogP contribution in [-0.4, -0.2) is 39.4 Å². The quantitative estimate of drug-likeness (QED) is 0.521. The average molecular weight is 448 g/mol. The van der Waals surface area contributed by atoms with Crippen molar-refractivity contribution in [2.45, 2.75) is 71.6 Å². The highest BCUT2D eigenvalue weighted by molar-refractivity contribution is 5.92. The second-order valence-corrected chi connectivity index (χ2v) is 9.37. The van der Waals surface area contributed by atoms with Crippen LogP contribution in [0, 0.1) is 5.92 Å². The number of aromatic amines is 1. The molecular formula is C27H37N5O. The van der Waals surface area contributed by atoms with Gasteiger partial charge in [-0.25, -0.2) is 9.97 Å². The summed E-state index contributed by atoms with van der Waals surface area (Å²) in [6.45, 7) is 5.28. The SMILES string of the molecule is CCc1ccc2cc1CCCCC(=O)N(C)CC(CC)CCCc1c[nH]c3ncnc(c13)N2. The summed E-state index contributed by atoms with van der Waals surface area (Å²) >= 11 is 0. The fourth-order valence-electron chi connectivity index (χ4n) is 5.01. The maximum atomic E-state index is 12.7. The predicted octanol–water partition coefficient (Wildman–Crippen LogP) is 5.80. The zero-order valence-corrected chi connectivity index (χ0v) is 20.3. The zero-order chi connectivity index (χ0) is 23.2. The van der Waals surface area contributed by atoms with E-state index in [1.54, 1.807) is 6.33 Å². The summed E-state index contributed by atoms with van der Waals surface area (Å²) in [5.74, 6) is 1.67. The molecule has 1 amide bonds. The lowest BCUT2D eigenvalue weighted by atomic mass is 9.96. The number of benzene rings is 1. The van der Waals surface area contributed by atoms with Crippen LogP contribution < -0.4 is 5.32 Å². The molecule has 0 aliphatic carbocycles. The van der Waals surface area contributed by atoms with Crippen LogP contribution in [0.2, 0.25) is 0 Å². The van der Waals surface area contributed by atoms with Crippen molar-refractivity contribution >= 4 is 28.4 Å². The van der Waals surface area contributed by atoms with Crippen LogP contribution in [0.1, 0.15) is 69.1 Å². The molecule has 0 spiro atoms. The third kappa shape index (κ3) is 5.55. The molecule has 1 unspecified atom stereocenters. The largest absolute Gasteiger partial charge is 0.346 e. The van der Waals surface area contributed by atoms with Gasteiger partial charge in [0.2, 0.25) is 5.91 Å². The number of carbonyl (C=O) groups is 1. The number of rotatable bonds is 2. The van der Waals surface area contributed by atoms with E-state index < -0.39 is 0 Å². The van der Waals surface area contributed by atoms with E-state index in [2.05, 4.69) is 58.5 Å². The molecule has 1 aliphatic heterocycles. The number of aryl methyl sites for hydroxylation is 3. The van der Waals surface area contributed by atoms with Crippen LogP contribution in [0.5, 0.6) is 0 Å². The van der Waals surface area contributed by atoms with Gasteiger partial charge in [-0.1, -0.05) is 26.3 Å². The van der Waals surface area contributed by atoms with Gasteiger partial charge in [-0.3, -0.25) is 4.79 Å². The third-order valence-corrected chi connectivity index (χ3v) is 7.08. The van der Waals surface area contributed by atoms with E-state index in [1.807, 2.05) is 11.9 Å². The summed E-state index contributed by atoms with van der Waals surface area (Å²) in [6, 6.07) is 6.61. The van der Waals surface area contributed by atoms with Gasteiger partial charge in [0.1, 0.15) is 17.8 Å². The third-order valence-electron chi connectivity index (χ3n) is 7.08. The average Bonchev–Trinajstić information content (AvgIpc) is 3.24. The van der Waals surface area contributed by atoms with E-state index in [0.29, 0.717) is 12.3 Å². The first-order valence-electron chi connectivity index (χ1n) is 12.5. The Bertz CT molecular complexity index is 1090. The fraction of sp³-hybridized carbons (Fsp3) is 0.519. The maximum Gasteiger partial charge on any atom is 0.222 e. The number of fused-ring (bicyclic) bond motifs is 2. The number of aromatic nitrogens is 3. The topological polar surface area (TPSA) is 73.9 Å². The Morgan fingerprint density at radius 1 is 1.06 bits per heavy atom. The van der Waals surface area contributed by atoms with E-state index >= 15 is 0 Å². The van der Waals surface area contributed by atoms with Crippen molar-refractivity contribution in [3.63, 3.8) is 0 Å². The number of nitrogens with one attached hydrogen (secondary N) is 2. The minimum absolute atomic E-state index is 0.277. The minimum atomic E-state index is 0.277. The lowest BCUT2D eigenvalue weighted by molar-refractivity contribution is -0.130. The van der Waals surface area contributed by atoms with Crippen LogP contribution in [0.3, 0.4) is 0 Å². The molecule has 0 radical (unpaired) electrons. The van der Waals surface area contributed by atoms with Gasteiger partial charge in [-0.2, -0.15) is 0 Å². The standard InChI is InChI=1S/C27H37N5O/c1-4-19-9-8-11-22-16-28-26-25(22)27(30-18-29-26)31-23-14-13-20(5-2)21(15-23)10-6-7-12-24(33)32(3)17-19/h13-16,18-19H,4-12,17H2,1-3H3,(H2,28,29,30,31). The normalized spacial score (nSPS) is 18.6. The van der Waals surface area contributed by atoms with Gasteiger partial charge in [0.15, 0.2) is 0 Å². The summed E-state index contributed by atoms with van der Waals surface area (Å²) in [5, 5.41) is 4.65. The molecule has 2 bridgehead atoms. The summed E-state index contributed by atoms with van der Waals surface area (Å²) < 4.78 is 0. The molecular weight excluding hydrogens is 410 g/mol. The molecule has 3 aromatic rings. The molecule has 6 nitrogen and oxygen atoms in total. The van der Waals surface area contributed by atoms with Crippen molar-refractivity contribution in [3.05, 3.63) is 47.4 Å². The Balaban J connectivity index is 1.66. The van der Waals surface area contributed by atoms with Gasteiger partial charge >= 0.3 is 0 Å². The lowest BCUT2D eigenvalue weighted by Gasteiger charge is -2.23. The smallest absolute Gasteiger partial charge is 0.222 e. The van der Waals surface area contributed by atoms with Crippen LogP contribution in [0.15, 0.2) is 30.7 Å². The second-order valence-electron chi connectivity index (χ2n) is 9.37. The molecule has 2 aromatic heterocycles. The molecule has 2 N–H and O–H groups in total. The Morgan fingerprint density at radius 2 is 1.88 bits per heavy atom. The molecule has 0 saturated heterocycles. The molecule has 1 aliphatic rings. The number of carbonyl (C=O) groups excluding carboxylic acids is 1. The van der Waals surface area contributed by atoms with Crippen molar-refractivity contribution in [3.8, 4) is 0 Å². The number of nitrogens with zero attached hydrogens (tertiary/aromatic N) is 3. The van der Waals surface area contributed by atoms with Crippen LogP contribution in [0.4, 0.5) is 11.5 Å². The number of H-pyrrole nitrogens is 1. The second kappa shape index (κ2) is 10.8. The Kier molecular flexibility index (Phi) is 7.63. The Hall–Kier alpha value is -2.89. The van der Waals surface area contributed by atoms with Gasteiger partial charge in [0.25, 0.3) is 0 Å². The minimum Gasteiger partial charge on any atom is -0.346 e. The summed E-state index contributed by atoms with van der Waals surface area (Å²) in [5.41, 5.74) is 5.91. The van der Waals surface area contributed by atoms with Gasteiger partial charge in [0.05, 0.1) is 5.39 Å². The molecule has 0 saturated carbocycles. The van der Waals surface area contributed by atoms with Crippen molar-refractivity contribution < 1.29 is 4.79 Å². The maximum absolute atomic E-state index is 12.7. The number of hydrogen-bond acceptors (Lipinski definition) is 4. The Labute approximate surface area is 197 Å². The first-order chi connectivity index (χ1) is 16.1. The van der Waals surface area contributed by atoms with Gasteiger partial charge < -0.3 is 15.2 Å². The van der Waals surface area contributed by atoms with Crippen LogP contribution >= 0.6 is 0 Å². The molecule has 6 heteroatoms. The van der Waals surface area contributed by atoms with E-state index in [4.69, 9.17) is 0 Å². The molecule has 0 fully saturated rings. The molecule has 4 rings (SSSR count). The fourth-order valence-corrected chi connectivity index (χ4v) is 5.01. The lowest BCUT2D eigenvalue weighted by Crippen LogP contribution is -2.31. The van der Waals surface area contributed by atoms with Crippen molar-refractivity contribution in [2.24, 2.45) is 5.92 Å². The first-order valence-corrected chi connectivity index (χ1v) is 12.5. The predicted molar refractivity (Wildman–Crippen MR) is 135 cm³/mol. The van der Waals surface area contributed by atoms with Gasteiger partial charge in [-0.05, 0) is 79.7 Å². The highest BCUT2D eigenvalue weighted by Gasteiger charge is 2.17. The Morgan fingerprint density at radius 3 is 2.70 bits per heavy atom.